The number of aromatic nitrogens is 2. The first-order valence-corrected chi connectivity index (χ1v) is 6.16. The molecule has 0 amide bonds. The zero-order chi connectivity index (χ0) is 12.8. The maximum Gasteiger partial charge on any atom is 0.0890 e. The fraction of sp³-hybridized carbons (Fsp3) is 0.333. The molecule has 1 aromatic heterocycles. The minimum Gasteiger partial charge on any atom is -0.313 e. The highest BCUT2D eigenvalue weighted by molar-refractivity contribution is 5.74. The maximum atomic E-state index is 5.28. The van der Waals surface area contributed by atoms with E-state index in [2.05, 4.69) is 33.3 Å². The SMILES string of the molecule is C#CCCCC(NC)c1ccc2nccnc2c1. The van der Waals surface area contributed by atoms with E-state index < -0.39 is 0 Å². The summed E-state index contributed by atoms with van der Waals surface area (Å²) >= 11 is 0. The zero-order valence-corrected chi connectivity index (χ0v) is 10.6. The van der Waals surface area contributed by atoms with Crippen molar-refractivity contribution in [3.63, 3.8) is 0 Å². The largest absolute Gasteiger partial charge is 0.313 e. The van der Waals surface area contributed by atoms with Crippen molar-refractivity contribution in [2.45, 2.75) is 25.3 Å². The first-order chi connectivity index (χ1) is 8.85. The number of fused-ring (bicyclic) bond motifs is 1. The van der Waals surface area contributed by atoms with E-state index in [-0.39, 0.29) is 0 Å². The van der Waals surface area contributed by atoms with E-state index in [1.807, 2.05) is 13.1 Å². The molecule has 0 aliphatic carbocycles. The Morgan fingerprint density at radius 2 is 2.06 bits per heavy atom. The summed E-state index contributed by atoms with van der Waals surface area (Å²) in [6, 6.07) is 6.54. The molecule has 1 unspecified atom stereocenters. The van der Waals surface area contributed by atoms with Crippen molar-refractivity contribution in [3.8, 4) is 12.3 Å². The molecule has 0 fully saturated rings. The second-order valence-corrected chi connectivity index (χ2v) is 4.24. The van der Waals surface area contributed by atoms with Crippen LogP contribution in [0, 0.1) is 12.3 Å². The normalized spacial score (nSPS) is 12.2. The Morgan fingerprint density at radius 1 is 1.28 bits per heavy atom. The van der Waals surface area contributed by atoms with Crippen LogP contribution >= 0.6 is 0 Å². The van der Waals surface area contributed by atoms with Crippen molar-refractivity contribution in [1.29, 1.82) is 0 Å². The minimum atomic E-state index is 0.324. The monoisotopic (exact) mass is 239 g/mol. The van der Waals surface area contributed by atoms with Gasteiger partial charge < -0.3 is 5.32 Å². The molecule has 3 heteroatoms. The highest BCUT2D eigenvalue weighted by Gasteiger charge is 2.09. The van der Waals surface area contributed by atoms with Crippen molar-refractivity contribution < 1.29 is 0 Å². The number of unbranched alkanes of at least 4 members (excludes halogenated alkanes) is 1. The molecule has 1 N–H and O–H groups in total. The summed E-state index contributed by atoms with van der Waals surface area (Å²) in [5.41, 5.74) is 3.11. The van der Waals surface area contributed by atoms with Crippen LogP contribution in [0.3, 0.4) is 0 Å². The molecule has 1 aromatic carbocycles. The topological polar surface area (TPSA) is 37.8 Å². The number of hydrogen-bond acceptors (Lipinski definition) is 3. The molecule has 0 aliphatic heterocycles. The fourth-order valence-corrected chi connectivity index (χ4v) is 2.08. The smallest absolute Gasteiger partial charge is 0.0890 e. The second kappa shape index (κ2) is 6.13. The minimum absolute atomic E-state index is 0.324. The van der Waals surface area contributed by atoms with E-state index in [0.29, 0.717) is 6.04 Å². The molecule has 3 nitrogen and oxygen atoms in total. The second-order valence-electron chi connectivity index (χ2n) is 4.24. The van der Waals surface area contributed by atoms with E-state index in [4.69, 9.17) is 6.42 Å². The average Bonchev–Trinajstić information content (AvgIpc) is 2.43. The van der Waals surface area contributed by atoms with Crippen LogP contribution in [0.4, 0.5) is 0 Å². The molecule has 0 bridgehead atoms. The van der Waals surface area contributed by atoms with Gasteiger partial charge in [0, 0.05) is 24.9 Å². The highest BCUT2D eigenvalue weighted by atomic mass is 14.9. The summed E-state index contributed by atoms with van der Waals surface area (Å²) in [4.78, 5) is 8.61. The van der Waals surface area contributed by atoms with Gasteiger partial charge in [-0.25, -0.2) is 0 Å². The van der Waals surface area contributed by atoms with Gasteiger partial charge in [0.2, 0.25) is 0 Å². The Balaban J connectivity index is 2.20. The lowest BCUT2D eigenvalue weighted by Crippen LogP contribution is -2.16. The van der Waals surface area contributed by atoms with Crippen LogP contribution in [-0.2, 0) is 0 Å². The predicted octanol–water partition coefficient (Wildman–Crippen LogP) is 2.69. The van der Waals surface area contributed by atoms with Crippen LogP contribution in [-0.4, -0.2) is 17.0 Å². The molecule has 1 heterocycles. The van der Waals surface area contributed by atoms with Crippen molar-refractivity contribution in [2.24, 2.45) is 0 Å². The van der Waals surface area contributed by atoms with Crippen LogP contribution in [0.25, 0.3) is 11.0 Å². The van der Waals surface area contributed by atoms with E-state index in [1.54, 1.807) is 12.4 Å². The average molecular weight is 239 g/mol. The summed E-state index contributed by atoms with van der Waals surface area (Å²) in [7, 11) is 1.97. The van der Waals surface area contributed by atoms with Crippen LogP contribution in [0.2, 0.25) is 0 Å². The van der Waals surface area contributed by atoms with Gasteiger partial charge in [0.15, 0.2) is 0 Å². The van der Waals surface area contributed by atoms with E-state index >= 15 is 0 Å². The first kappa shape index (κ1) is 12.5. The van der Waals surface area contributed by atoms with Gasteiger partial charge in [0.1, 0.15) is 0 Å². The number of nitrogens with zero attached hydrogens (tertiary/aromatic N) is 2. The third-order valence-electron chi connectivity index (χ3n) is 3.06. The van der Waals surface area contributed by atoms with Crippen LogP contribution < -0.4 is 5.32 Å². The van der Waals surface area contributed by atoms with Crippen molar-refractivity contribution in [3.05, 3.63) is 36.2 Å². The van der Waals surface area contributed by atoms with Crippen molar-refractivity contribution in [1.82, 2.24) is 15.3 Å². The molecule has 92 valence electrons. The van der Waals surface area contributed by atoms with Gasteiger partial charge >= 0.3 is 0 Å². The van der Waals surface area contributed by atoms with Crippen LogP contribution in [0.5, 0.6) is 0 Å². The van der Waals surface area contributed by atoms with Gasteiger partial charge in [-0.15, -0.1) is 12.3 Å². The summed E-state index contributed by atoms with van der Waals surface area (Å²) < 4.78 is 0. The molecule has 0 saturated heterocycles. The third-order valence-corrected chi connectivity index (χ3v) is 3.06. The predicted molar refractivity (Wildman–Crippen MR) is 74.0 cm³/mol. The van der Waals surface area contributed by atoms with E-state index in [1.165, 1.54) is 5.56 Å². The Labute approximate surface area is 108 Å². The fourth-order valence-electron chi connectivity index (χ4n) is 2.08. The summed E-state index contributed by atoms with van der Waals surface area (Å²) in [6.45, 7) is 0. The molecule has 0 saturated carbocycles. The molecule has 1 atom stereocenters. The lowest BCUT2D eigenvalue weighted by atomic mass is 10.0. The lowest BCUT2D eigenvalue weighted by Gasteiger charge is -2.16. The number of terminal acetylenes is 1. The van der Waals surface area contributed by atoms with Gasteiger partial charge in [-0.1, -0.05) is 6.07 Å². The molecule has 18 heavy (non-hydrogen) atoms. The highest BCUT2D eigenvalue weighted by Crippen LogP contribution is 2.21. The number of rotatable bonds is 5. The first-order valence-electron chi connectivity index (χ1n) is 6.16. The molecule has 2 aromatic rings. The molecular formula is C15H17N3. The number of benzene rings is 1. The molecule has 0 spiro atoms. The Kier molecular flexibility index (Phi) is 4.27. The van der Waals surface area contributed by atoms with Gasteiger partial charge in [-0.05, 0) is 37.6 Å². The van der Waals surface area contributed by atoms with E-state index in [9.17, 15) is 0 Å². The molecule has 0 aliphatic rings. The Bertz CT molecular complexity index is 557. The zero-order valence-electron chi connectivity index (χ0n) is 10.6. The van der Waals surface area contributed by atoms with Gasteiger partial charge in [0.05, 0.1) is 11.0 Å². The van der Waals surface area contributed by atoms with Gasteiger partial charge in [-0.2, -0.15) is 0 Å². The number of hydrogen-bond donors (Lipinski definition) is 1. The number of nitrogens with one attached hydrogen (secondary N) is 1. The van der Waals surface area contributed by atoms with Crippen LogP contribution in [0.1, 0.15) is 30.9 Å². The van der Waals surface area contributed by atoms with Crippen LogP contribution in [0.15, 0.2) is 30.6 Å². The third kappa shape index (κ3) is 2.85. The standard InChI is InChI=1S/C15H17N3/c1-3-4-5-6-13(16-2)12-7-8-14-15(11-12)18-10-9-17-14/h1,7-11,13,16H,4-6H2,2H3. The van der Waals surface area contributed by atoms with Gasteiger partial charge in [-0.3, -0.25) is 9.97 Å². The lowest BCUT2D eigenvalue weighted by molar-refractivity contribution is 0.532. The maximum absolute atomic E-state index is 5.28. The summed E-state index contributed by atoms with van der Waals surface area (Å²) in [6.07, 6.45) is 11.6. The van der Waals surface area contributed by atoms with Gasteiger partial charge in [0.25, 0.3) is 0 Å². The summed E-state index contributed by atoms with van der Waals surface area (Å²) in [5, 5.41) is 3.33. The molecule has 2 rings (SSSR count). The molecule has 0 radical (unpaired) electrons. The Hall–Kier alpha value is -1.92. The quantitative estimate of drug-likeness (QED) is 0.644. The van der Waals surface area contributed by atoms with E-state index in [0.717, 1.165) is 30.3 Å². The Morgan fingerprint density at radius 3 is 2.78 bits per heavy atom. The van der Waals surface area contributed by atoms with Crippen molar-refractivity contribution >= 4 is 11.0 Å². The summed E-state index contributed by atoms with van der Waals surface area (Å²) in [5.74, 6) is 2.68. The van der Waals surface area contributed by atoms with Crippen molar-refractivity contribution in [2.75, 3.05) is 7.05 Å². The molecular weight excluding hydrogens is 222 g/mol.